The Morgan fingerprint density at radius 2 is 1.46 bits per heavy atom. The second kappa shape index (κ2) is 11.9. The maximum absolute atomic E-state index is 13.1. The van der Waals surface area contributed by atoms with Gasteiger partial charge in [0.15, 0.2) is 17.3 Å². The Morgan fingerprint density at radius 1 is 0.872 bits per heavy atom. The zero-order chi connectivity index (χ0) is 29.0. The van der Waals surface area contributed by atoms with Crippen LogP contribution in [0.25, 0.3) is 6.08 Å². The SMILES string of the molecule is COC1=C(OC)C(C)C(/C=C\c2cc(OC)c(OC)c(OC)c2)C=C1NS(=O)(=O)c1ccc(C(F)(F)F)cc1. The van der Waals surface area contributed by atoms with Gasteiger partial charge in [-0.05, 0) is 48.0 Å². The normalized spacial score (nSPS) is 18.0. The van der Waals surface area contributed by atoms with E-state index < -0.39 is 21.8 Å². The summed E-state index contributed by atoms with van der Waals surface area (Å²) in [5.41, 5.74) is -0.132. The molecular weight excluding hydrogens is 539 g/mol. The minimum atomic E-state index is -4.59. The van der Waals surface area contributed by atoms with Crippen molar-refractivity contribution in [2.24, 2.45) is 11.8 Å². The highest BCUT2D eigenvalue weighted by molar-refractivity contribution is 7.89. The molecule has 2 unspecified atom stereocenters. The Morgan fingerprint density at radius 3 is 1.92 bits per heavy atom. The number of hydrogen-bond acceptors (Lipinski definition) is 7. The van der Waals surface area contributed by atoms with Crippen molar-refractivity contribution < 1.29 is 45.3 Å². The number of hydrogen-bond donors (Lipinski definition) is 1. The van der Waals surface area contributed by atoms with Gasteiger partial charge in [0, 0.05) is 11.8 Å². The molecular formula is C27H30F3NO7S. The van der Waals surface area contributed by atoms with Gasteiger partial charge in [0.05, 0.1) is 51.7 Å². The number of sulfonamides is 1. The lowest BCUT2D eigenvalue weighted by Gasteiger charge is -2.29. The van der Waals surface area contributed by atoms with Crippen molar-refractivity contribution in [2.45, 2.75) is 18.0 Å². The van der Waals surface area contributed by atoms with Gasteiger partial charge >= 0.3 is 6.18 Å². The highest BCUT2D eigenvalue weighted by Crippen LogP contribution is 2.40. The van der Waals surface area contributed by atoms with Gasteiger partial charge in [0.1, 0.15) is 5.76 Å². The average molecular weight is 570 g/mol. The summed E-state index contributed by atoms with van der Waals surface area (Å²) in [6.07, 6.45) is 0.731. The number of methoxy groups -OCH3 is 5. The van der Waals surface area contributed by atoms with Gasteiger partial charge in [0.2, 0.25) is 5.75 Å². The number of alkyl halides is 3. The van der Waals surface area contributed by atoms with E-state index in [2.05, 4.69) is 4.72 Å². The molecule has 0 bridgehead atoms. The first kappa shape index (κ1) is 29.8. The largest absolute Gasteiger partial charge is 0.497 e. The molecule has 8 nitrogen and oxygen atoms in total. The van der Waals surface area contributed by atoms with Crippen LogP contribution in [0, 0.1) is 11.8 Å². The van der Waals surface area contributed by atoms with E-state index in [1.165, 1.54) is 35.5 Å². The molecule has 0 aromatic heterocycles. The smallest absolute Gasteiger partial charge is 0.416 e. The third kappa shape index (κ3) is 6.44. The van der Waals surface area contributed by atoms with Crippen LogP contribution < -0.4 is 18.9 Å². The quantitative estimate of drug-likeness (QED) is 0.411. The predicted molar refractivity (Wildman–Crippen MR) is 139 cm³/mol. The standard InChI is InChI=1S/C27H30F3NO7S/c1-16-18(8-7-17-13-22(34-2)26(38-6)23(14-17)35-3)15-21(25(37-5)24(16)36-4)31-39(32,33)20-11-9-19(10-12-20)27(28,29)30/h7-16,18,31H,1-6H3/b8-7-. The first-order chi connectivity index (χ1) is 18.4. The van der Waals surface area contributed by atoms with Crippen molar-refractivity contribution >= 4 is 16.1 Å². The Kier molecular flexibility index (Phi) is 9.10. The molecule has 0 aliphatic heterocycles. The zero-order valence-electron chi connectivity index (χ0n) is 22.3. The first-order valence-corrected chi connectivity index (χ1v) is 13.1. The Hall–Kier alpha value is -3.80. The van der Waals surface area contributed by atoms with Gasteiger partial charge in [-0.25, -0.2) is 8.42 Å². The molecule has 39 heavy (non-hydrogen) atoms. The third-order valence-corrected chi connectivity index (χ3v) is 7.56. The van der Waals surface area contributed by atoms with Gasteiger partial charge in [-0.3, -0.25) is 4.72 Å². The lowest BCUT2D eigenvalue weighted by Crippen LogP contribution is -2.30. The van der Waals surface area contributed by atoms with Crippen LogP contribution in [0.5, 0.6) is 17.2 Å². The average Bonchev–Trinajstić information content (AvgIpc) is 2.91. The van der Waals surface area contributed by atoms with Crippen LogP contribution in [0.4, 0.5) is 13.2 Å². The molecule has 1 N–H and O–H groups in total. The predicted octanol–water partition coefficient (Wildman–Crippen LogP) is 5.38. The summed E-state index contributed by atoms with van der Waals surface area (Å²) in [5, 5.41) is 0. The second-order valence-electron chi connectivity index (χ2n) is 8.49. The van der Waals surface area contributed by atoms with Crippen molar-refractivity contribution in [1.29, 1.82) is 0 Å². The van der Waals surface area contributed by atoms with Crippen LogP contribution in [0.15, 0.2) is 70.7 Å². The summed E-state index contributed by atoms with van der Waals surface area (Å²) in [4.78, 5) is -0.339. The zero-order valence-corrected chi connectivity index (χ0v) is 23.1. The van der Waals surface area contributed by atoms with E-state index in [1.54, 1.807) is 18.2 Å². The Labute approximate surface area is 225 Å². The highest BCUT2D eigenvalue weighted by Gasteiger charge is 2.33. The molecule has 3 rings (SSSR count). The van der Waals surface area contributed by atoms with Crippen molar-refractivity contribution in [2.75, 3.05) is 35.5 Å². The van der Waals surface area contributed by atoms with Crippen LogP contribution in [-0.4, -0.2) is 44.0 Å². The van der Waals surface area contributed by atoms with Crippen LogP contribution in [0.1, 0.15) is 18.1 Å². The van der Waals surface area contributed by atoms with Crippen molar-refractivity contribution in [3.05, 3.63) is 76.9 Å². The molecule has 0 spiro atoms. The fourth-order valence-electron chi connectivity index (χ4n) is 4.17. The topological polar surface area (TPSA) is 92.3 Å². The molecule has 2 aromatic carbocycles. The van der Waals surface area contributed by atoms with Crippen LogP contribution in [0.2, 0.25) is 0 Å². The molecule has 0 saturated carbocycles. The molecule has 212 valence electrons. The van der Waals surface area contributed by atoms with Crippen LogP contribution >= 0.6 is 0 Å². The maximum atomic E-state index is 13.1. The summed E-state index contributed by atoms with van der Waals surface area (Å²) < 4.78 is 94.6. The molecule has 0 fully saturated rings. The summed E-state index contributed by atoms with van der Waals surface area (Å²) in [5.74, 6) is 1.33. The van der Waals surface area contributed by atoms with Crippen LogP contribution in [-0.2, 0) is 25.7 Å². The monoisotopic (exact) mass is 569 g/mol. The minimum absolute atomic E-state index is 0.0897. The fourth-order valence-corrected chi connectivity index (χ4v) is 5.23. The lowest BCUT2D eigenvalue weighted by atomic mass is 9.85. The molecule has 0 heterocycles. The van der Waals surface area contributed by atoms with Gasteiger partial charge in [-0.1, -0.05) is 19.1 Å². The third-order valence-electron chi connectivity index (χ3n) is 6.18. The van der Waals surface area contributed by atoms with Gasteiger partial charge in [-0.15, -0.1) is 0 Å². The van der Waals surface area contributed by atoms with Gasteiger partial charge in [-0.2, -0.15) is 13.2 Å². The molecule has 12 heteroatoms. The van der Waals surface area contributed by atoms with Gasteiger partial charge in [0.25, 0.3) is 10.0 Å². The number of rotatable bonds is 10. The number of allylic oxidation sites excluding steroid dienone is 3. The summed E-state index contributed by atoms with van der Waals surface area (Å²) >= 11 is 0. The number of benzene rings is 2. The van der Waals surface area contributed by atoms with E-state index in [-0.39, 0.29) is 28.2 Å². The molecule has 0 amide bonds. The molecule has 2 atom stereocenters. The van der Waals surface area contributed by atoms with E-state index in [9.17, 15) is 21.6 Å². The molecule has 0 radical (unpaired) electrons. The van der Waals surface area contributed by atoms with Crippen molar-refractivity contribution in [1.82, 2.24) is 4.72 Å². The summed E-state index contributed by atoms with van der Waals surface area (Å²) in [7, 11) is 3.07. The van der Waals surface area contributed by atoms with Crippen molar-refractivity contribution in [3.63, 3.8) is 0 Å². The first-order valence-electron chi connectivity index (χ1n) is 11.6. The van der Waals surface area contributed by atoms with Crippen molar-refractivity contribution in [3.8, 4) is 17.2 Å². The second-order valence-corrected chi connectivity index (χ2v) is 10.2. The lowest BCUT2D eigenvalue weighted by molar-refractivity contribution is -0.137. The van der Waals surface area contributed by atoms with E-state index in [0.717, 1.165) is 17.7 Å². The Balaban J connectivity index is 1.99. The molecule has 0 saturated heterocycles. The molecule has 1 aliphatic rings. The van der Waals surface area contributed by atoms with E-state index in [4.69, 9.17) is 23.7 Å². The van der Waals surface area contributed by atoms with E-state index in [1.807, 2.05) is 19.1 Å². The number of ether oxygens (including phenoxy) is 5. The fraction of sp³-hybridized carbons (Fsp3) is 0.333. The Bertz CT molecular complexity index is 1360. The van der Waals surface area contributed by atoms with E-state index in [0.29, 0.717) is 35.1 Å². The summed E-state index contributed by atoms with van der Waals surface area (Å²) in [6.45, 7) is 1.89. The highest BCUT2D eigenvalue weighted by atomic mass is 32.2. The molecule has 1 aliphatic carbocycles. The maximum Gasteiger partial charge on any atom is 0.416 e. The number of halogens is 3. The van der Waals surface area contributed by atoms with Crippen LogP contribution in [0.3, 0.4) is 0 Å². The minimum Gasteiger partial charge on any atom is -0.497 e. The van der Waals surface area contributed by atoms with E-state index >= 15 is 0 Å². The number of nitrogens with one attached hydrogen (secondary N) is 1. The molecule has 2 aromatic rings. The van der Waals surface area contributed by atoms with Gasteiger partial charge < -0.3 is 23.7 Å². The summed E-state index contributed by atoms with van der Waals surface area (Å²) in [6, 6.07) is 6.73.